The van der Waals surface area contributed by atoms with Crippen molar-refractivity contribution in [2.75, 3.05) is 20.1 Å². The number of carbonyl (C=O) groups is 1. The first-order chi connectivity index (χ1) is 10.7. The molecule has 7 heteroatoms. The SMILES string of the molecule is CNCC1CCCN1C(=O)c1ccc(-c2ccco2)nc1C.Cl.Cl. The number of hydrogen-bond donors (Lipinski definition) is 1. The fourth-order valence-electron chi connectivity index (χ4n) is 3.05. The van der Waals surface area contributed by atoms with E-state index in [4.69, 9.17) is 4.42 Å². The lowest BCUT2D eigenvalue weighted by atomic mass is 10.1. The van der Waals surface area contributed by atoms with Crippen LogP contribution in [0.2, 0.25) is 0 Å². The highest BCUT2D eigenvalue weighted by Gasteiger charge is 2.29. The number of halogens is 2. The highest BCUT2D eigenvalue weighted by Crippen LogP contribution is 2.23. The van der Waals surface area contributed by atoms with Crippen molar-refractivity contribution in [1.82, 2.24) is 15.2 Å². The Morgan fingerprint density at radius 3 is 2.79 bits per heavy atom. The van der Waals surface area contributed by atoms with Crippen LogP contribution in [0.15, 0.2) is 34.9 Å². The van der Waals surface area contributed by atoms with Crippen molar-refractivity contribution in [3.8, 4) is 11.5 Å². The van der Waals surface area contributed by atoms with Gasteiger partial charge in [-0.2, -0.15) is 0 Å². The molecule has 1 amide bonds. The first-order valence-corrected chi connectivity index (χ1v) is 7.68. The van der Waals surface area contributed by atoms with E-state index < -0.39 is 0 Å². The molecule has 0 saturated carbocycles. The van der Waals surface area contributed by atoms with Crippen molar-refractivity contribution in [2.24, 2.45) is 0 Å². The van der Waals surface area contributed by atoms with Gasteiger partial charge in [0.1, 0.15) is 5.69 Å². The zero-order valence-corrected chi connectivity index (χ0v) is 15.5. The number of nitrogens with zero attached hydrogens (tertiary/aromatic N) is 2. The lowest BCUT2D eigenvalue weighted by molar-refractivity contribution is 0.0736. The number of furan rings is 1. The molecule has 0 bridgehead atoms. The number of hydrogen-bond acceptors (Lipinski definition) is 4. The maximum absolute atomic E-state index is 12.8. The maximum atomic E-state index is 12.8. The minimum atomic E-state index is 0. The van der Waals surface area contributed by atoms with Crippen molar-refractivity contribution >= 4 is 30.7 Å². The van der Waals surface area contributed by atoms with E-state index in [0.717, 1.165) is 43.1 Å². The van der Waals surface area contributed by atoms with Gasteiger partial charge < -0.3 is 14.6 Å². The number of carbonyl (C=O) groups excluding carboxylic acids is 1. The topological polar surface area (TPSA) is 58.4 Å². The first-order valence-electron chi connectivity index (χ1n) is 7.68. The third kappa shape index (κ3) is 4.09. The zero-order valence-electron chi connectivity index (χ0n) is 13.8. The van der Waals surface area contributed by atoms with Crippen LogP contribution in [0.5, 0.6) is 0 Å². The second-order valence-electron chi connectivity index (χ2n) is 5.66. The monoisotopic (exact) mass is 371 g/mol. The summed E-state index contributed by atoms with van der Waals surface area (Å²) in [6.07, 6.45) is 3.75. The summed E-state index contributed by atoms with van der Waals surface area (Å²) in [4.78, 5) is 19.3. The standard InChI is InChI=1S/C17H21N3O2.2ClH/c1-12-14(7-8-15(19-12)16-6-4-10-22-16)17(21)20-9-3-5-13(20)11-18-2;;/h4,6-8,10,13,18H,3,5,9,11H2,1-2H3;2*1H. The van der Waals surface area contributed by atoms with Crippen LogP contribution in [0.25, 0.3) is 11.5 Å². The van der Waals surface area contributed by atoms with E-state index >= 15 is 0 Å². The van der Waals surface area contributed by atoms with E-state index in [1.807, 2.05) is 43.1 Å². The predicted octanol–water partition coefficient (Wildman–Crippen LogP) is 3.32. The van der Waals surface area contributed by atoms with Gasteiger partial charge >= 0.3 is 0 Å². The molecule has 0 aromatic carbocycles. The fourth-order valence-corrected chi connectivity index (χ4v) is 3.05. The summed E-state index contributed by atoms with van der Waals surface area (Å²) < 4.78 is 5.36. The van der Waals surface area contributed by atoms with Gasteiger partial charge in [0.15, 0.2) is 5.76 Å². The molecule has 1 N–H and O–H groups in total. The molecule has 1 atom stereocenters. The van der Waals surface area contributed by atoms with Crippen LogP contribution in [0, 0.1) is 6.92 Å². The quantitative estimate of drug-likeness (QED) is 0.895. The number of aromatic nitrogens is 1. The van der Waals surface area contributed by atoms with Gasteiger partial charge in [-0.05, 0) is 51.1 Å². The summed E-state index contributed by atoms with van der Waals surface area (Å²) in [5, 5.41) is 3.17. The minimum absolute atomic E-state index is 0. The Hall–Kier alpha value is -1.56. The molecule has 0 radical (unpaired) electrons. The van der Waals surface area contributed by atoms with Gasteiger partial charge in [-0.3, -0.25) is 4.79 Å². The Balaban J connectivity index is 0.00000144. The summed E-state index contributed by atoms with van der Waals surface area (Å²) in [6, 6.07) is 7.69. The Morgan fingerprint density at radius 2 is 2.17 bits per heavy atom. The highest BCUT2D eigenvalue weighted by molar-refractivity contribution is 5.95. The van der Waals surface area contributed by atoms with Crippen molar-refractivity contribution in [3.63, 3.8) is 0 Å². The largest absolute Gasteiger partial charge is 0.463 e. The molecule has 1 fully saturated rings. The number of likely N-dealkylation sites (N-methyl/N-ethyl adjacent to an activating group) is 1. The fraction of sp³-hybridized carbons (Fsp3) is 0.412. The van der Waals surface area contributed by atoms with Crippen LogP contribution in [0.3, 0.4) is 0 Å². The Bertz CT molecular complexity index is 662. The van der Waals surface area contributed by atoms with Crippen LogP contribution < -0.4 is 5.32 Å². The van der Waals surface area contributed by atoms with E-state index in [-0.39, 0.29) is 36.8 Å². The minimum Gasteiger partial charge on any atom is -0.463 e. The van der Waals surface area contributed by atoms with Gasteiger partial charge in [0.25, 0.3) is 5.91 Å². The Morgan fingerprint density at radius 1 is 1.38 bits per heavy atom. The van der Waals surface area contributed by atoms with E-state index in [9.17, 15) is 4.79 Å². The van der Waals surface area contributed by atoms with Crippen LogP contribution in [-0.4, -0.2) is 42.0 Å². The average Bonchev–Trinajstić information content (AvgIpc) is 3.18. The molecule has 1 aliphatic rings. The summed E-state index contributed by atoms with van der Waals surface area (Å²) in [6.45, 7) is 3.54. The van der Waals surface area contributed by atoms with Gasteiger partial charge in [0.2, 0.25) is 0 Å². The molecule has 2 aromatic rings. The van der Waals surface area contributed by atoms with E-state index in [1.54, 1.807) is 6.26 Å². The smallest absolute Gasteiger partial charge is 0.255 e. The lowest BCUT2D eigenvalue weighted by Crippen LogP contribution is -2.41. The zero-order chi connectivity index (χ0) is 15.5. The number of rotatable bonds is 4. The maximum Gasteiger partial charge on any atom is 0.255 e. The molecule has 3 heterocycles. The van der Waals surface area contributed by atoms with E-state index in [1.165, 1.54) is 0 Å². The normalized spacial score (nSPS) is 16.4. The lowest BCUT2D eigenvalue weighted by Gasteiger charge is -2.25. The molecule has 24 heavy (non-hydrogen) atoms. The van der Waals surface area contributed by atoms with Crippen LogP contribution in [0.4, 0.5) is 0 Å². The number of pyridine rings is 1. The van der Waals surface area contributed by atoms with E-state index in [2.05, 4.69) is 10.3 Å². The van der Waals surface area contributed by atoms with Crippen molar-refractivity contribution in [3.05, 3.63) is 41.8 Å². The highest BCUT2D eigenvalue weighted by atomic mass is 35.5. The Kier molecular flexibility index (Phi) is 7.73. The summed E-state index contributed by atoms with van der Waals surface area (Å²) in [5.41, 5.74) is 2.18. The van der Waals surface area contributed by atoms with Gasteiger partial charge in [-0.25, -0.2) is 4.98 Å². The van der Waals surface area contributed by atoms with Gasteiger partial charge in [0.05, 0.1) is 17.5 Å². The average molecular weight is 372 g/mol. The van der Waals surface area contributed by atoms with Gasteiger partial charge in [-0.1, -0.05) is 0 Å². The molecule has 1 aliphatic heterocycles. The van der Waals surface area contributed by atoms with Gasteiger partial charge in [0, 0.05) is 19.1 Å². The van der Waals surface area contributed by atoms with E-state index in [0.29, 0.717) is 5.56 Å². The molecule has 0 spiro atoms. The van der Waals surface area contributed by atoms with Crippen molar-refractivity contribution in [2.45, 2.75) is 25.8 Å². The third-order valence-corrected chi connectivity index (χ3v) is 4.17. The third-order valence-electron chi connectivity index (χ3n) is 4.17. The first kappa shape index (κ1) is 20.5. The number of amides is 1. The molecule has 5 nitrogen and oxygen atoms in total. The van der Waals surface area contributed by atoms with Crippen molar-refractivity contribution in [1.29, 1.82) is 0 Å². The summed E-state index contributed by atoms with van der Waals surface area (Å²) in [5.74, 6) is 0.796. The molecule has 3 rings (SSSR count). The van der Waals surface area contributed by atoms with Crippen LogP contribution in [0.1, 0.15) is 28.9 Å². The molecule has 1 unspecified atom stereocenters. The molecule has 2 aromatic heterocycles. The predicted molar refractivity (Wildman–Crippen MR) is 99.2 cm³/mol. The van der Waals surface area contributed by atoms with Crippen molar-refractivity contribution < 1.29 is 9.21 Å². The number of nitrogens with one attached hydrogen (secondary N) is 1. The summed E-state index contributed by atoms with van der Waals surface area (Å²) >= 11 is 0. The molecular formula is C17H23Cl2N3O2. The molecule has 1 saturated heterocycles. The Labute approximate surface area is 154 Å². The number of aryl methyl sites for hydroxylation is 1. The van der Waals surface area contributed by atoms with Crippen LogP contribution >= 0.6 is 24.8 Å². The molecular weight excluding hydrogens is 349 g/mol. The second kappa shape index (κ2) is 9.06. The second-order valence-corrected chi connectivity index (χ2v) is 5.66. The van der Waals surface area contributed by atoms with Gasteiger partial charge in [-0.15, -0.1) is 24.8 Å². The molecule has 132 valence electrons. The summed E-state index contributed by atoms with van der Waals surface area (Å²) in [7, 11) is 1.92. The van der Waals surface area contributed by atoms with Crippen LogP contribution in [-0.2, 0) is 0 Å². The molecule has 0 aliphatic carbocycles. The number of likely N-dealkylation sites (tertiary alicyclic amines) is 1.